The van der Waals surface area contributed by atoms with Gasteiger partial charge in [0.1, 0.15) is 23.9 Å². The van der Waals surface area contributed by atoms with Gasteiger partial charge in [-0.05, 0) is 71.1 Å². The molecule has 0 aliphatic rings. The van der Waals surface area contributed by atoms with E-state index in [1.807, 2.05) is 116 Å². The highest BCUT2D eigenvalue weighted by Crippen LogP contribution is 2.29. The van der Waals surface area contributed by atoms with Gasteiger partial charge in [0.25, 0.3) is 5.91 Å². The lowest BCUT2D eigenvalue weighted by Crippen LogP contribution is -2.42. The zero-order valence-electron chi connectivity index (χ0n) is 25.8. The molecule has 0 bridgehead atoms. The van der Waals surface area contributed by atoms with Gasteiger partial charge >= 0.3 is 0 Å². The van der Waals surface area contributed by atoms with Crippen LogP contribution in [-0.2, 0) is 22.7 Å². The summed E-state index contributed by atoms with van der Waals surface area (Å²) in [6.45, 7) is 4.36. The third-order valence-electron chi connectivity index (χ3n) is 7.67. The molecule has 0 unspecified atom stereocenters. The molecule has 5 aromatic rings. The Morgan fingerprint density at radius 3 is 2.16 bits per heavy atom. The molecule has 9 nitrogen and oxygen atoms in total. The maximum atomic E-state index is 14.3. The van der Waals surface area contributed by atoms with Gasteiger partial charge in [0.15, 0.2) is 0 Å². The zero-order valence-corrected chi connectivity index (χ0v) is 25.8. The number of fused-ring (bicyclic) bond motifs is 1. The number of hydrogen-bond acceptors (Lipinski definition) is 6. The van der Waals surface area contributed by atoms with Gasteiger partial charge in [0.05, 0.1) is 12.6 Å². The lowest BCUT2D eigenvalue weighted by Gasteiger charge is -2.32. The first kappa shape index (κ1) is 30.3. The number of aromatic nitrogens is 3. The molecule has 9 heteroatoms. The lowest BCUT2D eigenvalue weighted by atomic mass is 9.97. The summed E-state index contributed by atoms with van der Waals surface area (Å²) in [6.07, 6.45) is 0. The lowest BCUT2D eigenvalue weighted by molar-refractivity contribution is -0.140. The Labute approximate surface area is 258 Å². The van der Waals surface area contributed by atoms with Gasteiger partial charge in [-0.3, -0.25) is 9.59 Å². The molecule has 2 amide bonds. The van der Waals surface area contributed by atoms with E-state index in [0.717, 1.165) is 22.3 Å². The molecule has 4 aromatic carbocycles. The first-order valence-corrected chi connectivity index (χ1v) is 14.6. The fourth-order valence-electron chi connectivity index (χ4n) is 5.09. The number of nitrogens with zero attached hydrogens (tertiary/aromatic N) is 5. The van der Waals surface area contributed by atoms with E-state index in [2.05, 4.69) is 29.5 Å². The smallest absolute Gasteiger partial charge is 0.251 e. The summed E-state index contributed by atoms with van der Waals surface area (Å²) in [7, 11) is 5.54. The number of rotatable bonds is 11. The second-order valence-electron chi connectivity index (χ2n) is 11.3. The van der Waals surface area contributed by atoms with Gasteiger partial charge in [-0.25, -0.2) is 4.68 Å². The fraction of sp³-hybridized carbons (Fsp3) is 0.257. The third kappa shape index (κ3) is 6.89. The molecule has 0 saturated heterocycles. The molecular formula is C35H38N6O3. The second-order valence-corrected chi connectivity index (χ2v) is 11.3. The normalized spacial score (nSPS) is 11.8. The van der Waals surface area contributed by atoms with E-state index in [9.17, 15) is 9.59 Å². The fourth-order valence-corrected chi connectivity index (χ4v) is 5.09. The predicted octanol–water partition coefficient (Wildman–Crippen LogP) is 6.04. The van der Waals surface area contributed by atoms with Crippen LogP contribution in [0.5, 0.6) is 5.75 Å². The Balaban J connectivity index is 1.55. The predicted molar refractivity (Wildman–Crippen MR) is 174 cm³/mol. The van der Waals surface area contributed by atoms with Crippen LogP contribution >= 0.6 is 0 Å². The summed E-state index contributed by atoms with van der Waals surface area (Å²) in [5.41, 5.74) is 5.81. The number of methoxy groups -OCH3 is 1. The van der Waals surface area contributed by atoms with Crippen molar-refractivity contribution in [3.63, 3.8) is 0 Å². The van der Waals surface area contributed by atoms with Gasteiger partial charge in [-0.1, -0.05) is 67.6 Å². The summed E-state index contributed by atoms with van der Waals surface area (Å²) in [6, 6.07) is 29.6. The third-order valence-corrected chi connectivity index (χ3v) is 7.67. The van der Waals surface area contributed by atoms with Gasteiger partial charge in [-0.15, -0.1) is 5.10 Å². The number of carbonyl (C=O) groups is 2. The maximum Gasteiger partial charge on any atom is 0.251 e. The van der Waals surface area contributed by atoms with Crippen LogP contribution in [0, 0.1) is 0 Å². The van der Waals surface area contributed by atoms with E-state index in [4.69, 9.17) is 4.74 Å². The Morgan fingerprint density at radius 2 is 1.52 bits per heavy atom. The SMILES string of the molecule is COc1ccc(CN(C(=O)Cn2nnc3ccccc32)[C@H](C(=O)Nc2ccc(N(C)C)cc2)c2ccc(C(C)C)cc2)cc1. The van der Waals surface area contributed by atoms with E-state index in [1.165, 1.54) is 0 Å². The first-order chi connectivity index (χ1) is 21.2. The molecule has 0 aliphatic carbocycles. The maximum absolute atomic E-state index is 14.3. The minimum atomic E-state index is -0.922. The molecule has 0 radical (unpaired) electrons. The van der Waals surface area contributed by atoms with Gasteiger partial charge in [0.2, 0.25) is 5.91 Å². The number of anilines is 2. The average molecular weight is 591 g/mol. The first-order valence-electron chi connectivity index (χ1n) is 14.6. The van der Waals surface area contributed by atoms with Crippen molar-refractivity contribution in [3.8, 4) is 5.75 Å². The minimum absolute atomic E-state index is 0.0813. The van der Waals surface area contributed by atoms with Crippen LogP contribution in [-0.4, -0.2) is 52.9 Å². The summed E-state index contributed by atoms with van der Waals surface area (Å²) in [5.74, 6) is 0.447. The average Bonchev–Trinajstić information content (AvgIpc) is 3.44. The summed E-state index contributed by atoms with van der Waals surface area (Å²) >= 11 is 0. The van der Waals surface area contributed by atoms with Gasteiger partial charge in [-0.2, -0.15) is 0 Å². The van der Waals surface area contributed by atoms with Crippen molar-refractivity contribution in [1.29, 1.82) is 0 Å². The van der Waals surface area contributed by atoms with Crippen molar-refractivity contribution in [3.05, 3.63) is 114 Å². The molecule has 1 atom stereocenters. The Hall–Kier alpha value is -5.18. The number of para-hydroxylation sites is 1. The van der Waals surface area contributed by atoms with Crippen molar-refractivity contribution >= 4 is 34.2 Å². The topological polar surface area (TPSA) is 92.6 Å². The van der Waals surface area contributed by atoms with Crippen molar-refractivity contribution in [2.24, 2.45) is 0 Å². The van der Waals surface area contributed by atoms with Crippen molar-refractivity contribution < 1.29 is 14.3 Å². The Kier molecular flexibility index (Phi) is 9.23. The highest BCUT2D eigenvalue weighted by Gasteiger charge is 2.32. The van der Waals surface area contributed by atoms with E-state index < -0.39 is 6.04 Å². The van der Waals surface area contributed by atoms with Gasteiger partial charge < -0.3 is 19.9 Å². The van der Waals surface area contributed by atoms with Crippen LogP contribution in [0.1, 0.15) is 42.5 Å². The largest absolute Gasteiger partial charge is 0.497 e. The summed E-state index contributed by atoms with van der Waals surface area (Å²) < 4.78 is 6.92. The molecule has 44 heavy (non-hydrogen) atoms. The van der Waals surface area contributed by atoms with Crippen molar-refractivity contribution in [2.45, 2.75) is 38.9 Å². The highest BCUT2D eigenvalue weighted by atomic mass is 16.5. The van der Waals surface area contributed by atoms with Crippen LogP contribution in [0.2, 0.25) is 0 Å². The number of hydrogen-bond donors (Lipinski definition) is 1. The minimum Gasteiger partial charge on any atom is -0.497 e. The highest BCUT2D eigenvalue weighted by molar-refractivity contribution is 5.98. The molecule has 5 rings (SSSR count). The van der Waals surface area contributed by atoms with Crippen LogP contribution in [0.4, 0.5) is 11.4 Å². The molecule has 1 N–H and O–H groups in total. The monoisotopic (exact) mass is 590 g/mol. The van der Waals surface area contributed by atoms with E-state index in [-0.39, 0.29) is 24.9 Å². The van der Waals surface area contributed by atoms with Crippen LogP contribution < -0.4 is 15.0 Å². The molecule has 1 heterocycles. The molecular weight excluding hydrogens is 552 g/mol. The number of nitrogens with one attached hydrogen (secondary N) is 1. The molecule has 226 valence electrons. The number of benzene rings is 4. The second kappa shape index (κ2) is 13.4. The van der Waals surface area contributed by atoms with Crippen LogP contribution in [0.15, 0.2) is 97.1 Å². The van der Waals surface area contributed by atoms with Crippen molar-refractivity contribution in [1.82, 2.24) is 19.9 Å². The quantitative estimate of drug-likeness (QED) is 0.202. The van der Waals surface area contributed by atoms with Crippen LogP contribution in [0.25, 0.3) is 11.0 Å². The number of carbonyl (C=O) groups excluding carboxylic acids is 2. The Morgan fingerprint density at radius 1 is 0.864 bits per heavy atom. The van der Waals surface area contributed by atoms with Crippen molar-refractivity contribution in [2.75, 3.05) is 31.4 Å². The summed E-state index contributed by atoms with van der Waals surface area (Å²) in [5, 5.41) is 11.5. The molecule has 0 spiro atoms. The summed E-state index contributed by atoms with van der Waals surface area (Å²) in [4.78, 5) is 32.1. The molecule has 0 saturated carbocycles. The molecule has 1 aromatic heterocycles. The van der Waals surface area contributed by atoms with Gasteiger partial charge in [0, 0.05) is 32.0 Å². The molecule has 0 aliphatic heterocycles. The van der Waals surface area contributed by atoms with Crippen LogP contribution in [0.3, 0.4) is 0 Å². The number of ether oxygens (including phenoxy) is 1. The van der Waals surface area contributed by atoms with E-state index in [0.29, 0.717) is 28.4 Å². The van der Waals surface area contributed by atoms with E-state index in [1.54, 1.807) is 16.7 Å². The standard InChI is InChI=1S/C35H38N6O3/c1-24(2)26-12-14-27(15-13-26)34(35(43)36-28-16-18-29(19-17-28)39(3)4)40(22-25-10-20-30(44-5)21-11-25)33(42)23-41-32-9-7-6-8-31(32)37-38-41/h6-21,24,34H,22-23H2,1-5H3,(H,36,43)/t34-/m0/s1. The van der Waals surface area contributed by atoms with E-state index >= 15 is 0 Å². The zero-order chi connectivity index (χ0) is 31.2. The number of amides is 2. The Bertz CT molecular complexity index is 1710. The molecule has 0 fully saturated rings.